The lowest BCUT2D eigenvalue weighted by molar-refractivity contribution is 0.448. The summed E-state index contributed by atoms with van der Waals surface area (Å²) in [6.45, 7) is 0. The Bertz CT molecular complexity index is 306. The number of benzene rings is 1. The highest BCUT2D eigenvalue weighted by Gasteiger charge is 1.90. The highest BCUT2D eigenvalue weighted by atomic mass is 32.2. The van der Waals surface area contributed by atoms with Gasteiger partial charge >= 0.3 is 0 Å². The van der Waals surface area contributed by atoms with E-state index in [1.54, 1.807) is 0 Å². The lowest BCUT2D eigenvalue weighted by Crippen LogP contribution is -1.95. The molecular formula is C11H14O2S. The predicted octanol–water partition coefficient (Wildman–Crippen LogP) is 2.10. The average molecular weight is 210 g/mol. The summed E-state index contributed by atoms with van der Waals surface area (Å²) in [6.07, 6.45) is 4.76. The summed E-state index contributed by atoms with van der Waals surface area (Å²) in [6, 6.07) is 10.1. The zero-order valence-corrected chi connectivity index (χ0v) is 9.00. The molecule has 0 radical (unpaired) electrons. The molecule has 14 heavy (non-hydrogen) atoms. The molecule has 0 aliphatic heterocycles. The molecule has 76 valence electrons. The zero-order valence-electron chi connectivity index (χ0n) is 8.18. The van der Waals surface area contributed by atoms with Gasteiger partial charge in [0, 0.05) is 0 Å². The Kier molecular flexibility index (Phi) is 5.19. The fourth-order valence-electron chi connectivity index (χ4n) is 1.05. The van der Waals surface area contributed by atoms with Crippen LogP contribution in [-0.4, -0.2) is 17.1 Å². The van der Waals surface area contributed by atoms with Gasteiger partial charge in [0.05, 0.1) is 12.9 Å². The van der Waals surface area contributed by atoms with Crippen molar-refractivity contribution in [2.24, 2.45) is 0 Å². The van der Waals surface area contributed by atoms with Crippen LogP contribution in [0.1, 0.15) is 5.56 Å². The molecule has 2 nitrogen and oxygen atoms in total. The summed E-state index contributed by atoms with van der Waals surface area (Å²) < 4.78 is 15.5. The molecule has 0 saturated heterocycles. The minimum absolute atomic E-state index is 0.462. The Morgan fingerprint density at radius 3 is 2.64 bits per heavy atom. The van der Waals surface area contributed by atoms with Crippen LogP contribution in [0.5, 0.6) is 0 Å². The first kappa shape index (κ1) is 11.1. The largest absolute Gasteiger partial charge is 0.294 e. The molecule has 0 aliphatic rings. The molecule has 1 aromatic rings. The van der Waals surface area contributed by atoms with E-state index in [0.29, 0.717) is 5.75 Å². The SMILES string of the molecule is COS(=O)CC=CCc1ccccc1. The van der Waals surface area contributed by atoms with Gasteiger partial charge in [0.2, 0.25) is 0 Å². The Morgan fingerprint density at radius 1 is 1.29 bits per heavy atom. The van der Waals surface area contributed by atoms with E-state index in [-0.39, 0.29) is 0 Å². The van der Waals surface area contributed by atoms with Crippen molar-refractivity contribution in [1.29, 1.82) is 0 Å². The minimum atomic E-state index is -1.17. The van der Waals surface area contributed by atoms with Gasteiger partial charge in [-0.2, -0.15) is 0 Å². The van der Waals surface area contributed by atoms with E-state index in [2.05, 4.69) is 16.3 Å². The third-order valence-corrected chi connectivity index (χ3v) is 2.62. The second-order valence-corrected chi connectivity index (χ2v) is 4.07. The van der Waals surface area contributed by atoms with Crippen molar-refractivity contribution in [2.75, 3.05) is 12.9 Å². The molecule has 0 amide bonds. The molecule has 0 aliphatic carbocycles. The van der Waals surface area contributed by atoms with Crippen molar-refractivity contribution in [3.63, 3.8) is 0 Å². The molecule has 1 unspecified atom stereocenters. The van der Waals surface area contributed by atoms with Crippen LogP contribution in [0.3, 0.4) is 0 Å². The number of rotatable bonds is 5. The van der Waals surface area contributed by atoms with E-state index in [1.165, 1.54) is 12.7 Å². The highest BCUT2D eigenvalue weighted by molar-refractivity contribution is 7.80. The van der Waals surface area contributed by atoms with Crippen molar-refractivity contribution in [2.45, 2.75) is 6.42 Å². The van der Waals surface area contributed by atoms with Crippen molar-refractivity contribution in [1.82, 2.24) is 0 Å². The van der Waals surface area contributed by atoms with Gasteiger partial charge < -0.3 is 0 Å². The van der Waals surface area contributed by atoms with E-state index >= 15 is 0 Å². The quantitative estimate of drug-likeness (QED) is 0.696. The standard InChI is InChI=1S/C11H14O2S/c1-13-14(12)10-6-5-9-11-7-3-2-4-8-11/h2-8H,9-10H2,1H3. The van der Waals surface area contributed by atoms with Crippen molar-refractivity contribution < 1.29 is 8.39 Å². The molecule has 0 spiro atoms. The van der Waals surface area contributed by atoms with Crippen LogP contribution in [0.25, 0.3) is 0 Å². The third-order valence-electron chi connectivity index (χ3n) is 1.78. The van der Waals surface area contributed by atoms with Gasteiger partial charge in [-0.3, -0.25) is 4.18 Å². The van der Waals surface area contributed by atoms with E-state index in [1.807, 2.05) is 30.4 Å². The maximum atomic E-state index is 10.9. The first-order valence-electron chi connectivity index (χ1n) is 4.44. The Labute approximate surface area is 87.3 Å². The molecular weight excluding hydrogens is 196 g/mol. The topological polar surface area (TPSA) is 26.3 Å². The zero-order chi connectivity index (χ0) is 10.2. The van der Waals surface area contributed by atoms with E-state index in [9.17, 15) is 4.21 Å². The summed E-state index contributed by atoms with van der Waals surface area (Å²) >= 11 is -1.17. The van der Waals surface area contributed by atoms with Crippen molar-refractivity contribution >= 4 is 11.1 Å². The van der Waals surface area contributed by atoms with E-state index in [0.717, 1.165) is 6.42 Å². The van der Waals surface area contributed by atoms with Crippen LogP contribution in [0.2, 0.25) is 0 Å². The minimum Gasteiger partial charge on any atom is -0.294 e. The second-order valence-electron chi connectivity index (χ2n) is 2.80. The van der Waals surface area contributed by atoms with Crippen LogP contribution in [0.4, 0.5) is 0 Å². The number of hydrogen-bond acceptors (Lipinski definition) is 2. The number of hydrogen-bond donors (Lipinski definition) is 0. The highest BCUT2D eigenvalue weighted by Crippen LogP contribution is 2.00. The van der Waals surface area contributed by atoms with Gasteiger partial charge in [-0.15, -0.1) is 0 Å². The average Bonchev–Trinajstić information content (AvgIpc) is 2.25. The molecule has 3 heteroatoms. The van der Waals surface area contributed by atoms with Crippen LogP contribution >= 0.6 is 0 Å². The number of allylic oxidation sites excluding steroid dienone is 1. The molecule has 1 aromatic carbocycles. The van der Waals surface area contributed by atoms with Crippen molar-refractivity contribution in [3.8, 4) is 0 Å². The molecule has 0 saturated carbocycles. The molecule has 0 fully saturated rings. The van der Waals surface area contributed by atoms with Gasteiger partial charge in [-0.1, -0.05) is 42.5 Å². The van der Waals surface area contributed by atoms with Gasteiger partial charge in [-0.05, 0) is 12.0 Å². The molecule has 0 bridgehead atoms. The van der Waals surface area contributed by atoms with E-state index < -0.39 is 11.1 Å². The fourth-order valence-corrected chi connectivity index (χ4v) is 1.48. The Balaban J connectivity index is 2.31. The Morgan fingerprint density at radius 2 is 2.00 bits per heavy atom. The first-order chi connectivity index (χ1) is 6.83. The molecule has 0 aromatic heterocycles. The van der Waals surface area contributed by atoms with Crippen LogP contribution in [0, 0.1) is 0 Å². The monoisotopic (exact) mass is 210 g/mol. The summed E-state index contributed by atoms with van der Waals surface area (Å²) in [5.41, 5.74) is 1.26. The third kappa shape index (κ3) is 4.35. The second kappa shape index (κ2) is 6.51. The lowest BCUT2D eigenvalue weighted by atomic mass is 10.1. The summed E-state index contributed by atoms with van der Waals surface area (Å²) in [5, 5.41) is 0. The maximum absolute atomic E-state index is 10.9. The first-order valence-corrected chi connectivity index (χ1v) is 5.69. The predicted molar refractivity (Wildman–Crippen MR) is 59.3 cm³/mol. The summed E-state index contributed by atoms with van der Waals surface area (Å²) in [4.78, 5) is 0. The van der Waals surface area contributed by atoms with Gasteiger partial charge in [0.1, 0.15) is 0 Å². The maximum Gasteiger partial charge on any atom is 0.159 e. The van der Waals surface area contributed by atoms with Gasteiger partial charge in [-0.25, -0.2) is 4.21 Å². The van der Waals surface area contributed by atoms with Crippen LogP contribution in [0.15, 0.2) is 42.5 Å². The fraction of sp³-hybridized carbons (Fsp3) is 0.273. The van der Waals surface area contributed by atoms with Crippen LogP contribution < -0.4 is 0 Å². The molecule has 1 rings (SSSR count). The molecule has 1 atom stereocenters. The normalized spacial score (nSPS) is 13.2. The summed E-state index contributed by atoms with van der Waals surface area (Å²) in [5.74, 6) is 0.462. The van der Waals surface area contributed by atoms with Gasteiger partial charge in [0.25, 0.3) is 0 Å². The van der Waals surface area contributed by atoms with E-state index in [4.69, 9.17) is 0 Å². The summed E-state index contributed by atoms with van der Waals surface area (Å²) in [7, 11) is 1.45. The smallest absolute Gasteiger partial charge is 0.159 e. The van der Waals surface area contributed by atoms with Crippen molar-refractivity contribution in [3.05, 3.63) is 48.0 Å². The molecule has 0 heterocycles. The lowest BCUT2D eigenvalue weighted by Gasteiger charge is -1.94. The Hall–Kier alpha value is -0.930. The van der Waals surface area contributed by atoms with Crippen LogP contribution in [-0.2, 0) is 21.7 Å². The van der Waals surface area contributed by atoms with Gasteiger partial charge in [0.15, 0.2) is 11.1 Å². The molecule has 0 N–H and O–H groups in total.